The summed E-state index contributed by atoms with van der Waals surface area (Å²) < 4.78 is 26.5. The number of sulfonamides is 1. The van der Waals surface area contributed by atoms with Crippen LogP contribution in [0.15, 0.2) is 23.1 Å². The smallest absolute Gasteiger partial charge is 0.293 e. The van der Waals surface area contributed by atoms with Crippen LogP contribution in [0.3, 0.4) is 0 Å². The Balaban J connectivity index is 3.07. The minimum Gasteiger partial charge on any atom is -0.378 e. The lowest BCUT2D eigenvalue weighted by molar-refractivity contribution is -0.384. The molecule has 0 spiro atoms. The summed E-state index contributed by atoms with van der Waals surface area (Å²) in [7, 11) is 0.0277. The van der Waals surface area contributed by atoms with Crippen molar-refractivity contribution < 1.29 is 13.3 Å². The predicted molar refractivity (Wildman–Crippen MR) is 85.6 cm³/mol. The molecule has 0 heterocycles. The molecule has 0 fully saturated rings. The number of hydrogen-bond acceptors (Lipinski definition) is 6. The molecule has 0 saturated heterocycles. The molecule has 0 aliphatic rings. The Morgan fingerprint density at radius 1 is 1.32 bits per heavy atom. The molecule has 0 aliphatic heterocycles. The Labute approximate surface area is 130 Å². The van der Waals surface area contributed by atoms with Crippen LogP contribution < -0.4 is 10.0 Å². The van der Waals surface area contributed by atoms with Crippen molar-refractivity contribution in [2.45, 2.75) is 24.8 Å². The Morgan fingerprint density at radius 2 is 1.95 bits per heavy atom. The molecular weight excluding hydrogens is 308 g/mol. The summed E-state index contributed by atoms with van der Waals surface area (Å²) in [4.78, 5) is 12.4. The molecule has 0 aromatic heterocycles. The van der Waals surface area contributed by atoms with Gasteiger partial charge in [-0.3, -0.25) is 10.1 Å². The van der Waals surface area contributed by atoms with Crippen molar-refractivity contribution in [3.05, 3.63) is 28.3 Å². The number of nitro benzene ring substituents is 1. The molecule has 1 rings (SSSR count). The molecule has 0 aliphatic carbocycles. The van der Waals surface area contributed by atoms with E-state index in [4.69, 9.17) is 0 Å². The molecule has 2 N–H and O–H groups in total. The van der Waals surface area contributed by atoms with Gasteiger partial charge in [0.25, 0.3) is 5.69 Å². The third-order valence-corrected chi connectivity index (χ3v) is 4.40. The van der Waals surface area contributed by atoms with Gasteiger partial charge >= 0.3 is 0 Å². The highest BCUT2D eigenvalue weighted by Gasteiger charge is 2.21. The maximum absolute atomic E-state index is 12.1. The third kappa shape index (κ3) is 5.24. The summed E-state index contributed by atoms with van der Waals surface area (Å²) >= 11 is 0. The second-order valence-electron chi connectivity index (χ2n) is 5.44. The molecular formula is C13H22N4O4S. The quantitative estimate of drug-likeness (QED) is 0.549. The number of benzene rings is 1. The second-order valence-corrected chi connectivity index (χ2v) is 7.16. The number of rotatable bonds is 8. The van der Waals surface area contributed by atoms with Crippen LogP contribution >= 0.6 is 0 Å². The highest BCUT2D eigenvalue weighted by Crippen LogP contribution is 2.27. The van der Waals surface area contributed by atoms with Crippen LogP contribution in [0.2, 0.25) is 0 Å². The highest BCUT2D eigenvalue weighted by molar-refractivity contribution is 7.89. The molecule has 1 aromatic carbocycles. The zero-order valence-electron chi connectivity index (χ0n) is 13.2. The number of anilines is 1. The monoisotopic (exact) mass is 330 g/mol. The molecule has 124 valence electrons. The molecule has 8 nitrogen and oxygen atoms in total. The van der Waals surface area contributed by atoms with E-state index in [2.05, 4.69) is 10.0 Å². The Kier molecular flexibility index (Phi) is 6.27. The van der Waals surface area contributed by atoms with Gasteiger partial charge in [-0.25, -0.2) is 13.1 Å². The summed E-state index contributed by atoms with van der Waals surface area (Å²) in [5.74, 6) is 0. The van der Waals surface area contributed by atoms with Gasteiger partial charge in [0.05, 0.1) is 9.82 Å². The van der Waals surface area contributed by atoms with E-state index in [9.17, 15) is 18.5 Å². The topological polar surface area (TPSA) is 105 Å². The van der Waals surface area contributed by atoms with Crippen LogP contribution in [-0.2, 0) is 10.0 Å². The van der Waals surface area contributed by atoms with Crippen molar-refractivity contribution in [2.24, 2.45) is 0 Å². The summed E-state index contributed by atoms with van der Waals surface area (Å²) in [6, 6.07) is 3.56. The Morgan fingerprint density at radius 3 is 2.45 bits per heavy atom. The van der Waals surface area contributed by atoms with Crippen LogP contribution in [0.4, 0.5) is 11.4 Å². The zero-order valence-corrected chi connectivity index (χ0v) is 14.0. The van der Waals surface area contributed by atoms with Crippen LogP contribution in [0.1, 0.15) is 13.8 Å². The summed E-state index contributed by atoms with van der Waals surface area (Å²) in [5, 5.41) is 14.1. The largest absolute Gasteiger partial charge is 0.378 e. The van der Waals surface area contributed by atoms with E-state index < -0.39 is 14.9 Å². The lowest BCUT2D eigenvalue weighted by Crippen LogP contribution is -2.30. The minimum absolute atomic E-state index is 0.119. The van der Waals surface area contributed by atoms with Gasteiger partial charge < -0.3 is 10.2 Å². The van der Waals surface area contributed by atoms with Crippen LogP contribution in [0.5, 0.6) is 0 Å². The fraction of sp³-hybridized carbons (Fsp3) is 0.538. The van der Waals surface area contributed by atoms with Crippen molar-refractivity contribution in [1.29, 1.82) is 0 Å². The highest BCUT2D eigenvalue weighted by atomic mass is 32.2. The number of nitrogens with zero attached hydrogens (tertiary/aromatic N) is 2. The van der Waals surface area contributed by atoms with Crippen molar-refractivity contribution in [2.75, 3.05) is 32.5 Å². The van der Waals surface area contributed by atoms with Crippen molar-refractivity contribution in [1.82, 2.24) is 9.62 Å². The molecule has 0 radical (unpaired) electrons. The van der Waals surface area contributed by atoms with E-state index in [0.29, 0.717) is 18.8 Å². The zero-order chi connectivity index (χ0) is 16.9. The summed E-state index contributed by atoms with van der Waals surface area (Å²) in [6.07, 6.45) is 0. The molecule has 1 aromatic rings. The lowest BCUT2D eigenvalue weighted by Gasteiger charge is -2.13. The molecule has 0 atom stereocenters. The van der Waals surface area contributed by atoms with Gasteiger partial charge in [-0.05, 0) is 40.1 Å². The van der Waals surface area contributed by atoms with Crippen LogP contribution in [0.25, 0.3) is 0 Å². The first-order valence-corrected chi connectivity index (χ1v) is 8.31. The second kappa shape index (κ2) is 7.52. The number of likely N-dealkylation sites (N-methyl/N-ethyl adjacent to an activating group) is 1. The van der Waals surface area contributed by atoms with E-state index in [0.717, 1.165) is 6.07 Å². The molecule has 0 bridgehead atoms. The SMILES string of the molecule is CC(C)NS(=O)(=O)c1ccc(NCCN(C)C)c([N+](=O)[O-])c1. The number of nitro groups is 1. The fourth-order valence-corrected chi connectivity index (χ4v) is 3.04. The molecule has 9 heteroatoms. The van der Waals surface area contributed by atoms with E-state index >= 15 is 0 Å². The van der Waals surface area contributed by atoms with Gasteiger partial charge in [0.2, 0.25) is 10.0 Å². The van der Waals surface area contributed by atoms with Gasteiger partial charge in [-0.2, -0.15) is 0 Å². The summed E-state index contributed by atoms with van der Waals surface area (Å²) in [5.41, 5.74) is 0.0423. The van der Waals surface area contributed by atoms with E-state index in [-0.39, 0.29) is 16.6 Å². The standard InChI is InChI=1S/C13H22N4O4S/c1-10(2)15-22(20,21)11-5-6-12(13(9-11)17(18)19)14-7-8-16(3)4/h5-6,9-10,14-15H,7-8H2,1-4H3. The maximum Gasteiger partial charge on any atom is 0.293 e. The van der Waals surface area contributed by atoms with Crippen LogP contribution in [0, 0.1) is 10.1 Å². The molecule has 0 amide bonds. The van der Waals surface area contributed by atoms with Gasteiger partial charge in [0.15, 0.2) is 0 Å². The first kappa shape index (κ1) is 18.3. The molecule has 22 heavy (non-hydrogen) atoms. The van der Waals surface area contributed by atoms with Crippen molar-refractivity contribution >= 4 is 21.4 Å². The summed E-state index contributed by atoms with van der Waals surface area (Å²) in [6.45, 7) is 4.59. The first-order valence-electron chi connectivity index (χ1n) is 6.83. The molecule has 0 unspecified atom stereocenters. The van der Waals surface area contributed by atoms with E-state index in [1.54, 1.807) is 13.8 Å². The van der Waals surface area contributed by atoms with Crippen LogP contribution in [-0.4, -0.2) is 51.5 Å². The minimum atomic E-state index is -3.76. The average Bonchev–Trinajstić information content (AvgIpc) is 2.36. The maximum atomic E-state index is 12.1. The van der Waals surface area contributed by atoms with Gasteiger partial charge in [0.1, 0.15) is 5.69 Å². The Bertz CT molecular complexity index is 629. The number of nitrogens with one attached hydrogen (secondary N) is 2. The van der Waals surface area contributed by atoms with Crippen molar-refractivity contribution in [3.63, 3.8) is 0 Å². The first-order chi connectivity index (χ1) is 10.1. The third-order valence-electron chi connectivity index (χ3n) is 2.74. The Hall–Kier alpha value is -1.71. The predicted octanol–water partition coefficient (Wildman–Crippen LogP) is 1.26. The van der Waals surface area contributed by atoms with E-state index in [1.165, 1.54) is 12.1 Å². The number of hydrogen-bond donors (Lipinski definition) is 2. The molecule has 0 saturated carbocycles. The van der Waals surface area contributed by atoms with E-state index in [1.807, 2.05) is 19.0 Å². The lowest BCUT2D eigenvalue weighted by atomic mass is 10.2. The average molecular weight is 330 g/mol. The fourth-order valence-electron chi connectivity index (χ4n) is 1.77. The van der Waals surface area contributed by atoms with Crippen molar-refractivity contribution in [3.8, 4) is 0 Å². The van der Waals surface area contributed by atoms with Gasteiger partial charge in [-0.15, -0.1) is 0 Å². The normalized spacial score (nSPS) is 11.9. The van der Waals surface area contributed by atoms with Gasteiger partial charge in [0, 0.05) is 25.2 Å². The van der Waals surface area contributed by atoms with Gasteiger partial charge in [-0.1, -0.05) is 0 Å².